The molecule has 4 heteroatoms. The van der Waals surface area contributed by atoms with E-state index in [0.29, 0.717) is 5.75 Å². The standard InChI is InChI=1S/C14H12O4/c1-18-13-7-10(6-11(8-13)14(16)17)9-2-4-12(15)5-3-9/h2-8,15H,1H3,(H,16,17). The number of phenolic OH excluding ortho intramolecular Hbond substituents is 1. The molecular weight excluding hydrogens is 232 g/mol. The molecular formula is C14H12O4. The molecule has 0 unspecified atom stereocenters. The number of aromatic hydroxyl groups is 1. The molecule has 0 aromatic heterocycles. The van der Waals surface area contributed by atoms with E-state index < -0.39 is 5.97 Å². The minimum Gasteiger partial charge on any atom is -0.508 e. The SMILES string of the molecule is COc1cc(C(=O)O)cc(-c2ccc(O)cc2)c1. The van der Waals surface area contributed by atoms with E-state index in [4.69, 9.17) is 9.84 Å². The van der Waals surface area contributed by atoms with Crippen molar-refractivity contribution >= 4 is 5.97 Å². The molecule has 2 aromatic carbocycles. The number of carboxylic acid groups (broad SMARTS) is 1. The molecule has 0 atom stereocenters. The van der Waals surface area contributed by atoms with E-state index in [9.17, 15) is 9.90 Å². The minimum absolute atomic E-state index is 0.164. The van der Waals surface area contributed by atoms with Gasteiger partial charge in [-0.25, -0.2) is 4.79 Å². The Morgan fingerprint density at radius 3 is 2.28 bits per heavy atom. The van der Waals surface area contributed by atoms with E-state index in [1.54, 1.807) is 36.4 Å². The Kier molecular flexibility index (Phi) is 3.19. The average molecular weight is 244 g/mol. The lowest BCUT2D eigenvalue weighted by Crippen LogP contribution is -1.97. The number of phenols is 1. The quantitative estimate of drug-likeness (QED) is 0.871. The fourth-order valence-corrected chi connectivity index (χ4v) is 1.66. The van der Waals surface area contributed by atoms with Crippen LogP contribution in [0.5, 0.6) is 11.5 Å². The Balaban J connectivity index is 2.52. The highest BCUT2D eigenvalue weighted by molar-refractivity contribution is 5.90. The first-order valence-electron chi connectivity index (χ1n) is 5.32. The van der Waals surface area contributed by atoms with Gasteiger partial charge in [0.25, 0.3) is 0 Å². The second-order valence-corrected chi connectivity index (χ2v) is 3.80. The van der Waals surface area contributed by atoms with E-state index in [2.05, 4.69) is 0 Å². The fourth-order valence-electron chi connectivity index (χ4n) is 1.66. The predicted molar refractivity (Wildman–Crippen MR) is 67.1 cm³/mol. The first-order valence-corrected chi connectivity index (χ1v) is 5.32. The molecule has 92 valence electrons. The first kappa shape index (κ1) is 12.0. The van der Waals surface area contributed by atoms with E-state index in [1.165, 1.54) is 13.2 Å². The number of carboxylic acids is 1. The molecule has 2 N–H and O–H groups in total. The number of aromatic carboxylic acids is 1. The Morgan fingerprint density at radius 1 is 1.06 bits per heavy atom. The second-order valence-electron chi connectivity index (χ2n) is 3.80. The first-order chi connectivity index (χ1) is 8.60. The number of rotatable bonds is 3. The van der Waals surface area contributed by atoms with Crippen molar-refractivity contribution in [2.45, 2.75) is 0 Å². The molecule has 2 aromatic rings. The topological polar surface area (TPSA) is 66.8 Å². The van der Waals surface area contributed by atoms with Crippen LogP contribution in [-0.4, -0.2) is 23.3 Å². The van der Waals surface area contributed by atoms with Crippen LogP contribution in [0.2, 0.25) is 0 Å². The second kappa shape index (κ2) is 4.79. The normalized spacial score (nSPS) is 10.1. The van der Waals surface area contributed by atoms with Crippen molar-refractivity contribution in [2.75, 3.05) is 7.11 Å². The Bertz CT molecular complexity index is 573. The molecule has 0 spiro atoms. The molecule has 0 aliphatic rings. The van der Waals surface area contributed by atoms with Gasteiger partial charge in [0.15, 0.2) is 0 Å². The van der Waals surface area contributed by atoms with Crippen LogP contribution < -0.4 is 4.74 Å². The molecule has 0 radical (unpaired) electrons. The van der Waals surface area contributed by atoms with Crippen LogP contribution in [0, 0.1) is 0 Å². The summed E-state index contributed by atoms with van der Waals surface area (Å²) >= 11 is 0. The Labute approximate surface area is 104 Å². The minimum atomic E-state index is -1.01. The highest BCUT2D eigenvalue weighted by Crippen LogP contribution is 2.27. The molecule has 0 saturated carbocycles. The van der Waals surface area contributed by atoms with Gasteiger partial charge >= 0.3 is 5.97 Å². The lowest BCUT2D eigenvalue weighted by atomic mass is 10.0. The van der Waals surface area contributed by atoms with Gasteiger partial charge in [-0.2, -0.15) is 0 Å². The Morgan fingerprint density at radius 2 is 1.72 bits per heavy atom. The molecule has 0 heterocycles. The van der Waals surface area contributed by atoms with E-state index in [0.717, 1.165) is 11.1 Å². The van der Waals surface area contributed by atoms with Crippen molar-refractivity contribution in [3.05, 3.63) is 48.0 Å². The molecule has 0 saturated heterocycles. The van der Waals surface area contributed by atoms with Gasteiger partial charge in [-0.1, -0.05) is 12.1 Å². The van der Waals surface area contributed by atoms with Gasteiger partial charge in [-0.05, 0) is 41.5 Å². The molecule has 18 heavy (non-hydrogen) atoms. The summed E-state index contributed by atoms with van der Waals surface area (Å²) in [6, 6.07) is 11.3. The van der Waals surface area contributed by atoms with Crippen molar-refractivity contribution in [2.24, 2.45) is 0 Å². The molecule has 2 rings (SSSR count). The number of hydrogen-bond donors (Lipinski definition) is 2. The molecule has 0 amide bonds. The molecule has 0 fully saturated rings. The largest absolute Gasteiger partial charge is 0.508 e. The van der Waals surface area contributed by atoms with Gasteiger partial charge in [0.2, 0.25) is 0 Å². The maximum Gasteiger partial charge on any atom is 0.335 e. The third-order valence-electron chi connectivity index (χ3n) is 2.59. The van der Waals surface area contributed by atoms with Crippen LogP contribution in [0.4, 0.5) is 0 Å². The third-order valence-corrected chi connectivity index (χ3v) is 2.59. The molecule has 4 nitrogen and oxygen atoms in total. The molecule has 0 bridgehead atoms. The summed E-state index contributed by atoms with van der Waals surface area (Å²) in [5.41, 5.74) is 1.71. The highest BCUT2D eigenvalue weighted by Gasteiger charge is 2.08. The fraction of sp³-hybridized carbons (Fsp3) is 0.0714. The van der Waals surface area contributed by atoms with Gasteiger partial charge < -0.3 is 14.9 Å². The van der Waals surface area contributed by atoms with Crippen LogP contribution in [0.3, 0.4) is 0 Å². The lowest BCUT2D eigenvalue weighted by molar-refractivity contribution is 0.0696. The molecule has 0 aliphatic carbocycles. The summed E-state index contributed by atoms with van der Waals surface area (Å²) in [7, 11) is 1.49. The number of carbonyl (C=O) groups is 1. The number of ether oxygens (including phenoxy) is 1. The van der Waals surface area contributed by atoms with Crippen LogP contribution >= 0.6 is 0 Å². The third kappa shape index (κ3) is 2.43. The van der Waals surface area contributed by atoms with Crippen molar-refractivity contribution in [3.8, 4) is 22.6 Å². The van der Waals surface area contributed by atoms with Crippen molar-refractivity contribution in [1.29, 1.82) is 0 Å². The van der Waals surface area contributed by atoms with Gasteiger partial charge in [0.1, 0.15) is 11.5 Å². The number of hydrogen-bond acceptors (Lipinski definition) is 3. The summed E-state index contributed by atoms with van der Waals surface area (Å²) in [4.78, 5) is 11.0. The summed E-state index contributed by atoms with van der Waals surface area (Å²) < 4.78 is 5.08. The zero-order chi connectivity index (χ0) is 13.1. The maximum absolute atomic E-state index is 11.0. The van der Waals surface area contributed by atoms with E-state index >= 15 is 0 Å². The number of benzene rings is 2. The molecule has 0 aliphatic heterocycles. The van der Waals surface area contributed by atoms with E-state index in [1.807, 2.05) is 0 Å². The number of methoxy groups -OCH3 is 1. The zero-order valence-corrected chi connectivity index (χ0v) is 9.75. The monoisotopic (exact) mass is 244 g/mol. The van der Waals surface area contributed by atoms with E-state index in [-0.39, 0.29) is 11.3 Å². The van der Waals surface area contributed by atoms with Gasteiger partial charge in [-0.3, -0.25) is 0 Å². The van der Waals surface area contributed by atoms with Gasteiger partial charge in [0.05, 0.1) is 12.7 Å². The average Bonchev–Trinajstić information content (AvgIpc) is 2.39. The van der Waals surface area contributed by atoms with Crippen LogP contribution in [0.15, 0.2) is 42.5 Å². The summed E-state index contributed by atoms with van der Waals surface area (Å²) in [6.45, 7) is 0. The smallest absolute Gasteiger partial charge is 0.335 e. The van der Waals surface area contributed by atoms with Crippen molar-refractivity contribution < 1.29 is 19.7 Å². The predicted octanol–water partition coefficient (Wildman–Crippen LogP) is 2.77. The van der Waals surface area contributed by atoms with Gasteiger partial charge in [-0.15, -0.1) is 0 Å². The summed E-state index contributed by atoms with van der Waals surface area (Å²) in [5, 5.41) is 18.3. The lowest BCUT2D eigenvalue weighted by Gasteiger charge is -2.07. The van der Waals surface area contributed by atoms with Gasteiger partial charge in [0, 0.05) is 0 Å². The highest BCUT2D eigenvalue weighted by atomic mass is 16.5. The van der Waals surface area contributed by atoms with Crippen LogP contribution in [-0.2, 0) is 0 Å². The van der Waals surface area contributed by atoms with Crippen molar-refractivity contribution in [3.63, 3.8) is 0 Å². The van der Waals surface area contributed by atoms with Crippen LogP contribution in [0.1, 0.15) is 10.4 Å². The summed E-state index contributed by atoms with van der Waals surface area (Å²) in [6.07, 6.45) is 0. The van der Waals surface area contributed by atoms with Crippen molar-refractivity contribution in [1.82, 2.24) is 0 Å². The van der Waals surface area contributed by atoms with Crippen LogP contribution in [0.25, 0.3) is 11.1 Å². The maximum atomic E-state index is 11.0. The summed E-state index contributed by atoms with van der Waals surface area (Å²) in [5.74, 6) is -0.355. The Hall–Kier alpha value is -2.49. The zero-order valence-electron chi connectivity index (χ0n) is 9.75.